The van der Waals surface area contributed by atoms with Gasteiger partial charge >= 0.3 is 22.8 Å². The van der Waals surface area contributed by atoms with Gasteiger partial charge in [-0.1, -0.05) is 103 Å². The number of hydrogen-bond donors (Lipinski definition) is 7. The standard InChI is InChI=1S/C29H63N2O13P3/c1-3-4-5-6-7-8-9-10-11-12-13-14-15-16-17-18-20-31(2)21-19-28(32)30-29(22-42-25-45(33,34)35,23-43-26-46(36,37)38)24-44-27-47(39,40)41/h3-27H2,1-2H3,(H,30,32)(H2,33,34,35)(H2,36,37,38)(H2,39,40,41). The minimum Gasteiger partial charge on any atom is -0.366 e. The maximum absolute atomic E-state index is 12.9. The molecule has 0 heterocycles. The zero-order valence-electron chi connectivity index (χ0n) is 28.5. The first kappa shape index (κ1) is 46.8. The molecule has 0 bridgehead atoms. The molecule has 0 atom stereocenters. The van der Waals surface area contributed by atoms with Crippen LogP contribution >= 0.6 is 22.8 Å². The minimum absolute atomic E-state index is 0.00735. The predicted octanol–water partition coefficient (Wildman–Crippen LogP) is 4.88. The summed E-state index contributed by atoms with van der Waals surface area (Å²) in [5, 5.41) is 2.57. The average Bonchev–Trinajstić information content (AvgIpc) is 2.93. The smallest absolute Gasteiger partial charge is 0.350 e. The molecule has 7 N–H and O–H groups in total. The number of nitrogens with zero attached hydrogens (tertiary/aromatic N) is 1. The van der Waals surface area contributed by atoms with Crippen molar-refractivity contribution in [1.82, 2.24) is 10.2 Å². The SMILES string of the molecule is CCCCCCCCCCCCCCCCCCN(C)CCC(=O)NC(COCP(=O)(O)O)(COCP(=O)(O)O)COCP(=O)(O)O. The molecular weight excluding hydrogens is 677 g/mol. The van der Waals surface area contributed by atoms with Gasteiger partial charge in [-0.05, 0) is 20.0 Å². The third-order valence-electron chi connectivity index (χ3n) is 7.43. The van der Waals surface area contributed by atoms with E-state index in [0.717, 1.165) is 25.8 Å². The Labute approximate surface area is 281 Å². The molecular formula is C29H63N2O13P3. The number of rotatable bonds is 33. The molecule has 0 saturated heterocycles. The Morgan fingerprint density at radius 2 is 0.894 bits per heavy atom. The van der Waals surface area contributed by atoms with Crippen LogP contribution in [-0.2, 0) is 32.7 Å². The Bertz CT molecular complexity index is 873. The van der Waals surface area contributed by atoms with Crippen LogP contribution < -0.4 is 5.32 Å². The van der Waals surface area contributed by atoms with Crippen molar-refractivity contribution in [2.75, 3.05) is 59.0 Å². The Morgan fingerprint density at radius 3 is 1.21 bits per heavy atom. The van der Waals surface area contributed by atoms with Crippen LogP contribution in [0.15, 0.2) is 0 Å². The molecule has 282 valence electrons. The molecule has 0 aliphatic rings. The molecule has 0 aromatic heterocycles. The van der Waals surface area contributed by atoms with Crippen molar-refractivity contribution in [2.45, 2.75) is 122 Å². The van der Waals surface area contributed by atoms with Gasteiger partial charge in [0, 0.05) is 13.0 Å². The number of amides is 1. The van der Waals surface area contributed by atoms with E-state index in [1.807, 2.05) is 11.9 Å². The van der Waals surface area contributed by atoms with E-state index in [2.05, 4.69) is 12.2 Å². The highest BCUT2D eigenvalue weighted by Gasteiger charge is 2.36. The van der Waals surface area contributed by atoms with E-state index in [1.165, 1.54) is 83.5 Å². The third kappa shape index (κ3) is 32.7. The molecule has 15 nitrogen and oxygen atoms in total. The van der Waals surface area contributed by atoms with Gasteiger partial charge in [-0.15, -0.1) is 0 Å². The normalized spacial score (nSPS) is 13.0. The summed E-state index contributed by atoms with van der Waals surface area (Å²) in [5.74, 6) is -0.553. The molecule has 0 spiro atoms. The maximum atomic E-state index is 12.9. The second-order valence-electron chi connectivity index (χ2n) is 12.6. The fourth-order valence-electron chi connectivity index (χ4n) is 5.01. The van der Waals surface area contributed by atoms with Gasteiger partial charge in [0.05, 0.1) is 19.8 Å². The van der Waals surface area contributed by atoms with E-state index in [1.54, 1.807) is 0 Å². The van der Waals surface area contributed by atoms with Crippen LogP contribution in [0.25, 0.3) is 0 Å². The molecule has 0 aliphatic carbocycles. The number of carbonyl (C=O) groups excluding carboxylic acids is 1. The van der Waals surface area contributed by atoms with Crippen molar-refractivity contribution in [3.05, 3.63) is 0 Å². The minimum atomic E-state index is -4.62. The molecule has 18 heteroatoms. The lowest BCUT2D eigenvalue weighted by molar-refractivity contribution is -0.127. The predicted molar refractivity (Wildman–Crippen MR) is 181 cm³/mol. The Hall–Kier alpha value is -0.240. The first-order valence-electron chi connectivity index (χ1n) is 16.8. The molecule has 0 aliphatic heterocycles. The topological polar surface area (TPSA) is 233 Å². The van der Waals surface area contributed by atoms with Gasteiger partial charge in [0.15, 0.2) is 0 Å². The van der Waals surface area contributed by atoms with E-state index in [-0.39, 0.29) is 6.42 Å². The zero-order chi connectivity index (χ0) is 35.7. The molecule has 0 radical (unpaired) electrons. The van der Waals surface area contributed by atoms with Gasteiger partial charge in [0.25, 0.3) is 0 Å². The lowest BCUT2D eigenvalue weighted by Gasteiger charge is -2.34. The number of hydrogen-bond acceptors (Lipinski definition) is 8. The molecule has 47 heavy (non-hydrogen) atoms. The van der Waals surface area contributed by atoms with E-state index in [0.29, 0.717) is 6.54 Å². The summed E-state index contributed by atoms with van der Waals surface area (Å²) in [6.45, 7) is 1.48. The Kier molecular flexibility index (Phi) is 26.4. The van der Waals surface area contributed by atoms with Crippen molar-refractivity contribution >= 4 is 28.7 Å². The number of ether oxygens (including phenoxy) is 3. The van der Waals surface area contributed by atoms with Crippen LogP contribution in [0.4, 0.5) is 0 Å². The van der Waals surface area contributed by atoms with Crippen molar-refractivity contribution in [3.8, 4) is 0 Å². The second-order valence-corrected chi connectivity index (χ2v) is 17.4. The summed E-state index contributed by atoms with van der Waals surface area (Å²) in [5.41, 5.74) is -1.76. The summed E-state index contributed by atoms with van der Waals surface area (Å²) >= 11 is 0. The van der Waals surface area contributed by atoms with Gasteiger partial charge in [-0.3, -0.25) is 18.5 Å². The second kappa shape index (κ2) is 26.6. The molecule has 0 fully saturated rings. The largest absolute Gasteiger partial charge is 0.366 e. The molecule has 0 aromatic carbocycles. The third-order valence-corrected chi connectivity index (χ3v) is 8.99. The monoisotopic (exact) mass is 740 g/mol. The van der Waals surface area contributed by atoms with Crippen molar-refractivity contribution in [3.63, 3.8) is 0 Å². The van der Waals surface area contributed by atoms with Crippen LogP contribution in [0.3, 0.4) is 0 Å². The average molecular weight is 741 g/mol. The maximum Gasteiger partial charge on any atom is 0.350 e. The van der Waals surface area contributed by atoms with Gasteiger partial charge in [0.1, 0.15) is 24.6 Å². The molecule has 0 rings (SSSR count). The summed E-state index contributed by atoms with van der Waals surface area (Å²) in [7, 11) is -12.0. The van der Waals surface area contributed by atoms with E-state index in [9.17, 15) is 18.5 Å². The fourth-order valence-corrected chi connectivity index (χ4v) is 5.99. The summed E-state index contributed by atoms with van der Waals surface area (Å²) in [6.07, 6.45) is 17.3. The van der Waals surface area contributed by atoms with Crippen LogP contribution in [0.2, 0.25) is 0 Å². The van der Waals surface area contributed by atoms with Crippen molar-refractivity contribution in [2.24, 2.45) is 0 Å². The Balaban J connectivity index is 4.54. The molecule has 0 aromatic rings. The number of nitrogens with one attached hydrogen (secondary N) is 1. The van der Waals surface area contributed by atoms with Gasteiger partial charge in [0.2, 0.25) is 5.91 Å². The van der Waals surface area contributed by atoms with Crippen LogP contribution in [-0.4, -0.2) is 105 Å². The quantitative estimate of drug-likeness (QED) is 0.0351. The van der Waals surface area contributed by atoms with E-state index in [4.69, 9.17) is 43.6 Å². The van der Waals surface area contributed by atoms with Crippen molar-refractivity contribution < 1.29 is 62.1 Å². The summed E-state index contributed by atoms with van der Waals surface area (Å²) in [4.78, 5) is 69.7. The van der Waals surface area contributed by atoms with Crippen LogP contribution in [0.1, 0.15) is 116 Å². The van der Waals surface area contributed by atoms with Gasteiger partial charge < -0.3 is 53.8 Å². The zero-order valence-corrected chi connectivity index (χ0v) is 31.2. The highest BCUT2D eigenvalue weighted by molar-refractivity contribution is 7.52. The molecule has 1 amide bonds. The number of carbonyl (C=O) groups is 1. The summed E-state index contributed by atoms with van der Waals surface area (Å²) in [6, 6.07) is 0. The van der Waals surface area contributed by atoms with Crippen LogP contribution in [0.5, 0.6) is 0 Å². The Morgan fingerprint density at radius 1 is 0.574 bits per heavy atom. The lowest BCUT2D eigenvalue weighted by Crippen LogP contribution is -2.59. The van der Waals surface area contributed by atoms with Gasteiger partial charge in [-0.25, -0.2) is 0 Å². The molecule has 0 unspecified atom stereocenters. The molecule has 0 saturated carbocycles. The van der Waals surface area contributed by atoms with Crippen molar-refractivity contribution in [1.29, 1.82) is 0 Å². The highest BCUT2D eigenvalue weighted by atomic mass is 31.2. The van der Waals surface area contributed by atoms with Gasteiger partial charge in [-0.2, -0.15) is 0 Å². The highest BCUT2D eigenvalue weighted by Crippen LogP contribution is 2.36. The summed E-state index contributed by atoms with van der Waals surface area (Å²) < 4.78 is 49.0. The fraction of sp³-hybridized carbons (Fsp3) is 0.966. The first-order chi connectivity index (χ1) is 22.0. The van der Waals surface area contributed by atoms with E-state index >= 15 is 0 Å². The first-order valence-corrected chi connectivity index (χ1v) is 22.2. The number of unbranched alkanes of at least 4 members (excludes halogenated alkanes) is 15. The van der Waals surface area contributed by atoms with E-state index < -0.39 is 73.1 Å². The lowest BCUT2D eigenvalue weighted by atomic mass is 10.0. The van der Waals surface area contributed by atoms with Crippen LogP contribution in [0, 0.1) is 0 Å².